The van der Waals surface area contributed by atoms with Crippen LogP contribution in [0.2, 0.25) is 0 Å². The SMILES string of the molecule is Cc1ccc(C2CC(c3cccs3)=NN2C(=O)CSc2nnc(CNC(=O)c3ccccc3F)n2-c2ccccc2)cc1. The van der Waals surface area contributed by atoms with Crippen LogP contribution in [-0.4, -0.2) is 43.1 Å². The van der Waals surface area contributed by atoms with E-state index in [-0.39, 0.29) is 29.8 Å². The molecule has 1 unspecified atom stereocenters. The second-order valence-electron chi connectivity index (χ2n) is 9.91. The number of rotatable bonds is 9. The predicted octanol–water partition coefficient (Wildman–Crippen LogP) is 6.18. The molecule has 0 bridgehead atoms. The van der Waals surface area contributed by atoms with Crippen LogP contribution < -0.4 is 5.32 Å². The van der Waals surface area contributed by atoms with Crippen molar-refractivity contribution in [3.8, 4) is 5.69 Å². The number of thiophene rings is 1. The van der Waals surface area contributed by atoms with Gasteiger partial charge in [-0.1, -0.05) is 78.0 Å². The molecule has 0 spiro atoms. The molecule has 0 radical (unpaired) electrons. The van der Waals surface area contributed by atoms with Crippen LogP contribution in [0.4, 0.5) is 4.39 Å². The number of hydrazone groups is 1. The second kappa shape index (κ2) is 12.7. The number of aryl methyl sites for hydroxylation is 1. The molecule has 1 aliphatic heterocycles. The predicted molar refractivity (Wildman–Crippen MR) is 166 cm³/mol. The summed E-state index contributed by atoms with van der Waals surface area (Å²) in [5.74, 6) is -0.784. The van der Waals surface area contributed by atoms with Gasteiger partial charge in [-0.15, -0.1) is 21.5 Å². The van der Waals surface area contributed by atoms with Gasteiger partial charge in [0.1, 0.15) is 5.82 Å². The largest absolute Gasteiger partial charge is 0.345 e. The van der Waals surface area contributed by atoms with E-state index in [1.807, 2.05) is 79.0 Å². The average Bonchev–Trinajstić information content (AvgIpc) is 3.80. The second-order valence-corrected chi connectivity index (χ2v) is 11.8. The molecule has 1 N–H and O–H groups in total. The summed E-state index contributed by atoms with van der Waals surface area (Å²) >= 11 is 2.85. The fraction of sp³-hybridized carbons (Fsp3) is 0.156. The molecule has 3 heterocycles. The molecule has 1 atom stereocenters. The Hall–Kier alpha value is -4.61. The van der Waals surface area contributed by atoms with Gasteiger partial charge < -0.3 is 5.32 Å². The fourth-order valence-corrected chi connectivity index (χ4v) is 6.36. The standard InChI is InChI=1S/C32H27FN6O2S2/c1-21-13-15-22(16-14-21)27-18-26(28-12-7-17-42-28)37-39(27)30(40)20-43-32-36-35-29(38(32)23-8-3-2-4-9-23)19-34-31(41)24-10-5-6-11-25(24)33/h2-17,27H,18-20H2,1H3,(H,34,41). The molecule has 6 rings (SSSR count). The van der Waals surface area contributed by atoms with E-state index in [9.17, 15) is 14.0 Å². The zero-order chi connectivity index (χ0) is 29.8. The number of nitrogens with one attached hydrogen (secondary N) is 1. The molecule has 11 heteroatoms. The minimum atomic E-state index is -0.602. The van der Waals surface area contributed by atoms with Crippen LogP contribution in [0, 0.1) is 12.7 Å². The molecule has 0 saturated heterocycles. The number of aromatic nitrogens is 3. The number of hydrogen-bond donors (Lipinski definition) is 1. The maximum Gasteiger partial charge on any atom is 0.254 e. The Balaban J connectivity index is 1.22. The van der Waals surface area contributed by atoms with Gasteiger partial charge in [-0.05, 0) is 48.2 Å². The van der Waals surface area contributed by atoms with Crippen LogP contribution in [0.1, 0.15) is 44.6 Å². The smallest absolute Gasteiger partial charge is 0.254 e. The molecule has 0 saturated carbocycles. The summed E-state index contributed by atoms with van der Waals surface area (Å²) in [6.45, 7) is 2.05. The molecule has 216 valence electrons. The lowest BCUT2D eigenvalue weighted by molar-refractivity contribution is -0.130. The Morgan fingerprint density at radius 1 is 0.977 bits per heavy atom. The van der Waals surface area contributed by atoms with E-state index in [4.69, 9.17) is 5.10 Å². The van der Waals surface area contributed by atoms with Crippen molar-refractivity contribution in [3.05, 3.63) is 130 Å². The van der Waals surface area contributed by atoms with Gasteiger partial charge in [-0.2, -0.15) is 5.10 Å². The lowest BCUT2D eigenvalue weighted by Gasteiger charge is -2.22. The van der Waals surface area contributed by atoms with E-state index < -0.39 is 11.7 Å². The van der Waals surface area contributed by atoms with Crippen LogP contribution >= 0.6 is 23.1 Å². The summed E-state index contributed by atoms with van der Waals surface area (Å²) in [6, 6.07) is 27.2. The number of carbonyl (C=O) groups is 2. The lowest BCUT2D eigenvalue weighted by Crippen LogP contribution is -2.28. The van der Waals surface area contributed by atoms with Crippen LogP contribution in [0.15, 0.2) is 107 Å². The first-order valence-electron chi connectivity index (χ1n) is 13.6. The molecule has 0 aliphatic carbocycles. The third-order valence-electron chi connectivity index (χ3n) is 7.00. The van der Waals surface area contributed by atoms with Crippen LogP contribution in [0.3, 0.4) is 0 Å². The zero-order valence-corrected chi connectivity index (χ0v) is 24.8. The van der Waals surface area contributed by atoms with E-state index >= 15 is 0 Å². The topological polar surface area (TPSA) is 92.5 Å². The van der Waals surface area contributed by atoms with Crippen LogP contribution in [0.25, 0.3) is 5.69 Å². The Morgan fingerprint density at radius 2 is 1.74 bits per heavy atom. The van der Waals surface area contributed by atoms with E-state index in [1.165, 1.54) is 30.0 Å². The van der Waals surface area contributed by atoms with Gasteiger partial charge in [0.2, 0.25) is 0 Å². The third-order valence-corrected chi connectivity index (χ3v) is 8.83. The van der Waals surface area contributed by atoms with E-state index in [1.54, 1.807) is 27.0 Å². The minimum absolute atomic E-state index is 0.0135. The van der Waals surface area contributed by atoms with Gasteiger partial charge in [0.05, 0.1) is 34.5 Å². The van der Waals surface area contributed by atoms with Crippen molar-refractivity contribution in [2.24, 2.45) is 5.10 Å². The van der Waals surface area contributed by atoms with Crippen molar-refractivity contribution in [2.75, 3.05) is 5.75 Å². The highest BCUT2D eigenvalue weighted by molar-refractivity contribution is 7.99. The Kier molecular flexibility index (Phi) is 8.43. The fourth-order valence-electron chi connectivity index (χ4n) is 4.82. The summed E-state index contributed by atoms with van der Waals surface area (Å²) < 4.78 is 15.9. The zero-order valence-electron chi connectivity index (χ0n) is 23.2. The molecule has 2 amide bonds. The molecular weight excluding hydrogens is 584 g/mol. The van der Waals surface area contributed by atoms with Crippen molar-refractivity contribution in [1.29, 1.82) is 0 Å². The molecule has 3 aromatic carbocycles. The highest BCUT2D eigenvalue weighted by Crippen LogP contribution is 2.35. The minimum Gasteiger partial charge on any atom is -0.345 e. The summed E-state index contributed by atoms with van der Waals surface area (Å²) in [5, 5.41) is 20.2. The Morgan fingerprint density at radius 3 is 2.49 bits per heavy atom. The van der Waals surface area contributed by atoms with Gasteiger partial charge in [0.15, 0.2) is 11.0 Å². The van der Waals surface area contributed by atoms with Crippen molar-refractivity contribution < 1.29 is 14.0 Å². The summed E-state index contributed by atoms with van der Waals surface area (Å²) in [5.41, 5.74) is 3.79. The number of nitrogens with zero attached hydrogens (tertiary/aromatic N) is 5. The van der Waals surface area contributed by atoms with Gasteiger partial charge in [-0.3, -0.25) is 14.2 Å². The van der Waals surface area contributed by atoms with Crippen molar-refractivity contribution in [2.45, 2.75) is 31.1 Å². The monoisotopic (exact) mass is 610 g/mol. The summed E-state index contributed by atoms with van der Waals surface area (Å²) in [4.78, 5) is 27.4. The summed E-state index contributed by atoms with van der Waals surface area (Å²) in [6.07, 6.45) is 0.631. The number of benzene rings is 3. The van der Waals surface area contributed by atoms with Crippen molar-refractivity contribution in [3.63, 3.8) is 0 Å². The molecule has 43 heavy (non-hydrogen) atoms. The Bertz CT molecular complexity index is 1770. The normalized spacial score (nSPS) is 14.5. The lowest BCUT2D eigenvalue weighted by atomic mass is 10.00. The molecule has 0 fully saturated rings. The highest BCUT2D eigenvalue weighted by Gasteiger charge is 2.33. The maximum atomic E-state index is 14.1. The quantitative estimate of drug-likeness (QED) is 0.201. The maximum absolute atomic E-state index is 14.1. The molecule has 2 aromatic heterocycles. The number of hydrogen-bond acceptors (Lipinski definition) is 7. The van der Waals surface area contributed by atoms with Gasteiger partial charge in [-0.25, -0.2) is 9.40 Å². The Labute approximate surface area is 256 Å². The van der Waals surface area contributed by atoms with E-state index in [0.717, 1.165) is 27.4 Å². The first-order valence-corrected chi connectivity index (χ1v) is 15.5. The van der Waals surface area contributed by atoms with E-state index in [0.29, 0.717) is 17.4 Å². The summed E-state index contributed by atoms with van der Waals surface area (Å²) in [7, 11) is 0. The first-order chi connectivity index (χ1) is 21.0. The van der Waals surface area contributed by atoms with Crippen molar-refractivity contribution >= 4 is 40.6 Å². The first kappa shape index (κ1) is 28.5. The average molecular weight is 611 g/mol. The van der Waals surface area contributed by atoms with Crippen LogP contribution in [0.5, 0.6) is 0 Å². The number of thioether (sulfide) groups is 1. The third kappa shape index (κ3) is 6.27. The van der Waals surface area contributed by atoms with Gasteiger partial charge in [0, 0.05) is 12.1 Å². The molecular formula is C32H27FN6O2S2. The number of halogens is 1. The number of carbonyl (C=O) groups excluding carboxylic acids is 2. The number of amides is 2. The number of para-hydroxylation sites is 1. The van der Waals surface area contributed by atoms with Crippen molar-refractivity contribution in [1.82, 2.24) is 25.1 Å². The van der Waals surface area contributed by atoms with Gasteiger partial charge >= 0.3 is 0 Å². The molecule has 5 aromatic rings. The highest BCUT2D eigenvalue weighted by atomic mass is 32.2. The molecule has 8 nitrogen and oxygen atoms in total. The van der Waals surface area contributed by atoms with Crippen LogP contribution in [-0.2, 0) is 11.3 Å². The van der Waals surface area contributed by atoms with Gasteiger partial charge in [0.25, 0.3) is 11.8 Å². The molecule has 1 aliphatic rings. The van der Waals surface area contributed by atoms with E-state index in [2.05, 4.69) is 15.5 Å².